The van der Waals surface area contributed by atoms with Crippen LogP contribution >= 0.6 is 0 Å². The van der Waals surface area contributed by atoms with Crippen LogP contribution in [0.5, 0.6) is 11.5 Å². The van der Waals surface area contributed by atoms with Gasteiger partial charge in [0.2, 0.25) is 5.91 Å². The summed E-state index contributed by atoms with van der Waals surface area (Å²) in [6, 6.07) is 1.31. The zero-order chi connectivity index (χ0) is 22.1. The maximum absolute atomic E-state index is 15.0. The third-order valence-electron chi connectivity index (χ3n) is 6.81. The van der Waals surface area contributed by atoms with Crippen LogP contribution in [-0.4, -0.2) is 38.4 Å². The van der Waals surface area contributed by atoms with E-state index in [0.29, 0.717) is 19.4 Å². The Labute approximate surface area is 181 Å². The Hall–Kier alpha value is -2.70. The number of hydrogen-bond donors (Lipinski definition) is 1. The summed E-state index contributed by atoms with van der Waals surface area (Å²) in [5.41, 5.74) is 3.47. The number of carbonyl (C=O) groups excluding carboxylic acids is 1. The first-order valence-electron chi connectivity index (χ1n) is 10.8. The number of methoxy groups -OCH3 is 2. The highest BCUT2D eigenvalue weighted by Gasteiger charge is 2.39. The van der Waals surface area contributed by atoms with Crippen molar-refractivity contribution >= 4 is 11.6 Å². The van der Waals surface area contributed by atoms with Gasteiger partial charge < -0.3 is 14.8 Å². The van der Waals surface area contributed by atoms with Gasteiger partial charge in [0.05, 0.1) is 20.8 Å². The molecule has 0 unspecified atom stereocenters. The molecular weight excluding hydrogens is 402 g/mol. The molecule has 1 saturated carbocycles. The predicted octanol–water partition coefficient (Wildman–Crippen LogP) is 4.47. The van der Waals surface area contributed by atoms with Crippen LogP contribution in [0.2, 0.25) is 0 Å². The molecule has 1 heterocycles. The van der Waals surface area contributed by atoms with Gasteiger partial charge >= 0.3 is 0 Å². The van der Waals surface area contributed by atoms with E-state index < -0.39 is 11.6 Å². The number of ether oxygens (including phenoxy) is 2. The quantitative estimate of drug-likeness (QED) is 0.678. The van der Waals surface area contributed by atoms with E-state index >= 15 is 0 Å². The maximum Gasteiger partial charge on any atom is 0.243 e. The lowest BCUT2D eigenvalue weighted by Gasteiger charge is -2.28. The molecule has 166 valence electrons. The second-order valence-electron chi connectivity index (χ2n) is 8.40. The van der Waals surface area contributed by atoms with Crippen molar-refractivity contribution in [3.8, 4) is 11.5 Å². The molecular formula is C24H28F2N2O3. The maximum atomic E-state index is 15.0. The molecule has 0 bridgehead atoms. The van der Waals surface area contributed by atoms with Crippen LogP contribution in [0, 0.1) is 17.6 Å². The number of rotatable bonds is 6. The third-order valence-corrected chi connectivity index (χ3v) is 6.81. The van der Waals surface area contributed by atoms with Gasteiger partial charge in [0, 0.05) is 29.3 Å². The molecule has 2 aliphatic carbocycles. The number of nitrogens with zero attached hydrogens (tertiary/aromatic N) is 1. The Bertz CT molecular complexity index is 942. The first-order chi connectivity index (χ1) is 15.0. The van der Waals surface area contributed by atoms with E-state index in [1.165, 1.54) is 31.9 Å². The Kier molecular flexibility index (Phi) is 6.12. The van der Waals surface area contributed by atoms with Crippen LogP contribution in [-0.2, 0) is 4.79 Å². The summed E-state index contributed by atoms with van der Waals surface area (Å²) in [7, 11) is 2.72. The Balaban J connectivity index is 1.58. The molecule has 1 N–H and O–H groups in total. The zero-order valence-electron chi connectivity index (χ0n) is 18.0. The van der Waals surface area contributed by atoms with Crippen molar-refractivity contribution in [3.63, 3.8) is 0 Å². The number of halogens is 2. The fourth-order valence-corrected chi connectivity index (χ4v) is 5.32. The first-order valence-corrected chi connectivity index (χ1v) is 10.8. The van der Waals surface area contributed by atoms with Crippen LogP contribution < -0.4 is 14.8 Å². The lowest BCUT2D eigenvalue weighted by Crippen LogP contribution is -2.39. The van der Waals surface area contributed by atoms with E-state index in [-0.39, 0.29) is 40.8 Å². The topological polar surface area (TPSA) is 59.9 Å². The van der Waals surface area contributed by atoms with Crippen molar-refractivity contribution in [1.82, 2.24) is 5.32 Å². The van der Waals surface area contributed by atoms with Crippen LogP contribution in [0.15, 0.2) is 34.9 Å². The molecule has 1 fully saturated rings. The van der Waals surface area contributed by atoms with Gasteiger partial charge in [0.1, 0.15) is 0 Å². The number of carbonyl (C=O) groups is 1. The second kappa shape index (κ2) is 8.81. The molecule has 31 heavy (non-hydrogen) atoms. The molecule has 1 aliphatic heterocycles. The zero-order valence-corrected chi connectivity index (χ0v) is 18.0. The van der Waals surface area contributed by atoms with Crippen molar-refractivity contribution < 1.29 is 23.0 Å². The molecule has 4 rings (SSSR count). The van der Waals surface area contributed by atoms with Crippen LogP contribution in [0.4, 0.5) is 8.78 Å². The van der Waals surface area contributed by atoms with Crippen LogP contribution in [0.25, 0.3) is 0 Å². The summed E-state index contributed by atoms with van der Waals surface area (Å²) >= 11 is 0. The molecule has 1 aromatic carbocycles. The van der Waals surface area contributed by atoms with E-state index in [1.807, 2.05) is 0 Å². The van der Waals surface area contributed by atoms with E-state index in [9.17, 15) is 13.6 Å². The highest BCUT2D eigenvalue weighted by molar-refractivity contribution is 6.05. The van der Waals surface area contributed by atoms with Crippen LogP contribution in [0.3, 0.4) is 0 Å². The monoisotopic (exact) mass is 430 g/mol. The smallest absolute Gasteiger partial charge is 0.243 e. The normalized spacial score (nSPS) is 25.2. The second-order valence-corrected chi connectivity index (χ2v) is 8.40. The molecule has 0 aromatic heterocycles. The SMILES string of the molecule is C=CC(=O)N[C@H]1CCC[C@H]1C1=NCC2=C1CC[C@H](c1c(F)c(OC)cc(OC)c1F)C2. The fraction of sp³-hybridized carbons (Fsp3) is 0.500. The number of aliphatic imine (C=N–C) groups is 1. The van der Waals surface area contributed by atoms with Gasteiger partial charge in [-0.1, -0.05) is 13.0 Å². The van der Waals surface area contributed by atoms with E-state index in [2.05, 4.69) is 11.9 Å². The largest absolute Gasteiger partial charge is 0.494 e. The van der Waals surface area contributed by atoms with Gasteiger partial charge in [-0.15, -0.1) is 0 Å². The van der Waals surface area contributed by atoms with Gasteiger partial charge in [-0.2, -0.15) is 0 Å². The average Bonchev–Trinajstić information content (AvgIpc) is 3.40. The molecule has 5 nitrogen and oxygen atoms in total. The Morgan fingerprint density at radius 1 is 1.19 bits per heavy atom. The number of allylic oxidation sites excluding steroid dienone is 1. The lowest BCUT2D eigenvalue weighted by atomic mass is 9.77. The molecule has 0 radical (unpaired) electrons. The van der Waals surface area contributed by atoms with Crippen molar-refractivity contribution in [3.05, 3.63) is 47.1 Å². The summed E-state index contributed by atoms with van der Waals surface area (Å²) in [5.74, 6) is -1.60. The molecule has 3 atom stereocenters. The summed E-state index contributed by atoms with van der Waals surface area (Å²) in [6.45, 7) is 4.10. The Morgan fingerprint density at radius 2 is 1.90 bits per heavy atom. The van der Waals surface area contributed by atoms with Gasteiger partial charge in [0.15, 0.2) is 23.1 Å². The summed E-state index contributed by atoms with van der Waals surface area (Å²) < 4.78 is 40.2. The lowest BCUT2D eigenvalue weighted by molar-refractivity contribution is -0.117. The first kappa shape index (κ1) is 21.5. The number of amides is 1. The average molecular weight is 430 g/mol. The van der Waals surface area contributed by atoms with Crippen molar-refractivity contribution in [1.29, 1.82) is 0 Å². The van der Waals surface area contributed by atoms with Gasteiger partial charge in [0.25, 0.3) is 0 Å². The summed E-state index contributed by atoms with van der Waals surface area (Å²) in [6.07, 6.45) is 6.15. The van der Waals surface area contributed by atoms with Crippen molar-refractivity contribution in [2.75, 3.05) is 20.8 Å². The highest BCUT2D eigenvalue weighted by atomic mass is 19.1. The standard InChI is InChI=1S/C24H28F2N2O3/c1-4-20(29)28-17-7-5-6-16(17)24-15-9-8-13(10-14(15)12-27-24)21-22(25)18(30-2)11-19(31-3)23(21)26/h4,11,13,16-17H,1,5-10,12H2,2-3H3,(H,28,29)/t13-,16+,17-/m0/s1. The number of benzene rings is 1. The summed E-state index contributed by atoms with van der Waals surface area (Å²) in [5, 5.41) is 3.04. The van der Waals surface area contributed by atoms with Crippen molar-refractivity contribution in [2.24, 2.45) is 10.9 Å². The number of hydrogen-bond acceptors (Lipinski definition) is 4. The van der Waals surface area contributed by atoms with E-state index in [0.717, 1.165) is 37.0 Å². The number of nitrogens with one attached hydrogen (secondary N) is 1. The Morgan fingerprint density at radius 3 is 2.55 bits per heavy atom. The highest BCUT2D eigenvalue weighted by Crippen LogP contribution is 2.46. The van der Waals surface area contributed by atoms with Gasteiger partial charge in [-0.05, 0) is 55.2 Å². The van der Waals surface area contributed by atoms with Crippen LogP contribution in [0.1, 0.15) is 50.0 Å². The van der Waals surface area contributed by atoms with E-state index in [1.54, 1.807) is 0 Å². The molecule has 0 spiro atoms. The molecule has 1 amide bonds. The minimum absolute atomic E-state index is 0.0110. The summed E-state index contributed by atoms with van der Waals surface area (Å²) in [4.78, 5) is 16.6. The molecule has 3 aliphatic rings. The molecule has 1 aromatic rings. The third kappa shape index (κ3) is 3.86. The minimum Gasteiger partial charge on any atom is -0.494 e. The molecule has 0 saturated heterocycles. The minimum atomic E-state index is -0.656. The van der Waals surface area contributed by atoms with Crippen molar-refractivity contribution in [2.45, 2.75) is 50.5 Å². The van der Waals surface area contributed by atoms with Gasteiger partial charge in [-0.3, -0.25) is 9.79 Å². The predicted molar refractivity (Wildman–Crippen MR) is 115 cm³/mol. The van der Waals surface area contributed by atoms with E-state index in [4.69, 9.17) is 14.5 Å². The molecule has 7 heteroatoms. The van der Waals surface area contributed by atoms with Gasteiger partial charge in [-0.25, -0.2) is 8.78 Å². The fourth-order valence-electron chi connectivity index (χ4n) is 5.32.